The summed E-state index contributed by atoms with van der Waals surface area (Å²) in [6.45, 7) is 8.73. The molecule has 106 valence electrons. The van der Waals surface area contributed by atoms with Crippen LogP contribution in [0.5, 0.6) is 5.75 Å². The smallest absolute Gasteiger partial charge is 0.137 e. The number of pyridine rings is 1. The maximum absolute atomic E-state index is 5.70. The highest BCUT2D eigenvalue weighted by Gasteiger charge is 2.32. The van der Waals surface area contributed by atoms with Gasteiger partial charge < -0.3 is 14.8 Å². The Hall–Kier alpha value is -1.13. The van der Waals surface area contributed by atoms with Crippen molar-refractivity contribution in [3.63, 3.8) is 0 Å². The first-order chi connectivity index (χ1) is 9.26. The Bertz CT molecular complexity index is 397. The highest BCUT2D eigenvalue weighted by molar-refractivity contribution is 5.27. The van der Waals surface area contributed by atoms with Crippen LogP contribution in [-0.2, 0) is 4.74 Å². The van der Waals surface area contributed by atoms with Gasteiger partial charge in [-0.05, 0) is 38.4 Å². The lowest BCUT2D eigenvalue weighted by molar-refractivity contribution is 0.0955. The van der Waals surface area contributed by atoms with Crippen molar-refractivity contribution in [3.05, 3.63) is 24.0 Å². The normalized spacial score (nSPS) is 24.4. The van der Waals surface area contributed by atoms with E-state index in [1.807, 2.05) is 13.1 Å². The van der Waals surface area contributed by atoms with Gasteiger partial charge in [-0.3, -0.25) is 4.98 Å². The Morgan fingerprint density at radius 3 is 2.95 bits per heavy atom. The summed E-state index contributed by atoms with van der Waals surface area (Å²) in [5.74, 6) is 1.34. The molecule has 1 aromatic heterocycles. The maximum atomic E-state index is 5.70. The van der Waals surface area contributed by atoms with E-state index in [2.05, 4.69) is 30.2 Å². The predicted molar refractivity (Wildman–Crippen MR) is 75.3 cm³/mol. The molecule has 0 saturated carbocycles. The van der Waals surface area contributed by atoms with Gasteiger partial charge in [0.25, 0.3) is 0 Å². The summed E-state index contributed by atoms with van der Waals surface area (Å²) >= 11 is 0. The first kappa shape index (κ1) is 14.3. The summed E-state index contributed by atoms with van der Waals surface area (Å²) in [7, 11) is 0. The molecule has 0 bridgehead atoms. The van der Waals surface area contributed by atoms with Crippen molar-refractivity contribution in [3.8, 4) is 5.75 Å². The van der Waals surface area contributed by atoms with E-state index in [0.717, 1.165) is 25.3 Å². The standard InChI is InChI=1S/C15H24N2O2/c1-4-17-15(14-6-7-19-11(14)3)12-8-13(18-5-2)10-16-9-12/h8-11,14-15,17H,4-7H2,1-3H3. The molecular formula is C15H24N2O2. The molecule has 19 heavy (non-hydrogen) atoms. The number of rotatable bonds is 6. The van der Waals surface area contributed by atoms with E-state index < -0.39 is 0 Å². The summed E-state index contributed by atoms with van der Waals surface area (Å²) in [6.07, 6.45) is 5.09. The molecule has 0 aliphatic carbocycles. The zero-order valence-corrected chi connectivity index (χ0v) is 12.1. The number of aromatic nitrogens is 1. The minimum Gasteiger partial charge on any atom is -0.492 e. The fraction of sp³-hybridized carbons (Fsp3) is 0.667. The van der Waals surface area contributed by atoms with Crippen LogP contribution in [0.2, 0.25) is 0 Å². The Labute approximate surface area is 115 Å². The lowest BCUT2D eigenvalue weighted by atomic mass is 9.89. The Morgan fingerprint density at radius 2 is 2.32 bits per heavy atom. The van der Waals surface area contributed by atoms with Crippen molar-refractivity contribution >= 4 is 0 Å². The molecule has 1 fully saturated rings. The third-order valence-corrected chi connectivity index (χ3v) is 3.69. The van der Waals surface area contributed by atoms with Gasteiger partial charge in [0.2, 0.25) is 0 Å². The summed E-state index contributed by atoms with van der Waals surface area (Å²) in [5.41, 5.74) is 1.19. The number of nitrogens with one attached hydrogen (secondary N) is 1. The number of hydrogen-bond acceptors (Lipinski definition) is 4. The minimum atomic E-state index is 0.287. The molecule has 0 aromatic carbocycles. The second kappa shape index (κ2) is 6.87. The van der Waals surface area contributed by atoms with E-state index in [-0.39, 0.29) is 6.04 Å². The van der Waals surface area contributed by atoms with Crippen LogP contribution in [0.25, 0.3) is 0 Å². The van der Waals surface area contributed by atoms with Gasteiger partial charge in [0.1, 0.15) is 5.75 Å². The largest absolute Gasteiger partial charge is 0.492 e. The van der Waals surface area contributed by atoms with E-state index in [9.17, 15) is 0 Å². The first-order valence-corrected chi connectivity index (χ1v) is 7.19. The summed E-state index contributed by atoms with van der Waals surface area (Å²) in [6, 6.07) is 2.38. The van der Waals surface area contributed by atoms with Gasteiger partial charge in [0.05, 0.1) is 18.9 Å². The second-order valence-corrected chi connectivity index (χ2v) is 4.95. The first-order valence-electron chi connectivity index (χ1n) is 7.19. The zero-order valence-electron chi connectivity index (χ0n) is 12.1. The lowest BCUT2D eigenvalue weighted by Crippen LogP contribution is -2.31. The molecule has 0 radical (unpaired) electrons. The van der Waals surface area contributed by atoms with Crippen LogP contribution >= 0.6 is 0 Å². The van der Waals surface area contributed by atoms with Crippen LogP contribution in [0.1, 0.15) is 38.8 Å². The topological polar surface area (TPSA) is 43.4 Å². The molecular weight excluding hydrogens is 240 g/mol. The van der Waals surface area contributed by atoms with Crippen molar-refractivity contribution in [1.82, 2.24) is 10.3 Å². The van der Waals surface area contributed by atoms with Crippen LogP contribution < -0.4 is 10.1 Å². The van der Waals surface area contributed by atoms with Crippen LogP contribution in [0.15, 0.2) is 18.5 Å². The SMILES string of the molecule is CCNC(c1cncc(OCC)c1)C1CCOC1C. The summed E-state index contributed by atoms with van der Waals surface area (Å²) < 4.78 is 11.2. The molecule has 2 heterocycles. The summed E-state index contributed by atoms with van der Waals surface area (Å²) in [4.78, 5) is 4.30. The molecule has 1 saturated heterocycles. The molecule has 1 aliphatic rings. The molecule has 4 heteroatoms. The van der Waals surface area contributed by atoms with Gasteiger partial charge in [-0.15, -0.1) is 0 Å². The van der Waals surface area contributed by atoms with Crippen LogP contribution in [-0.4, -0.2) is 30.8 Å². The number of hydrogen-bond donors (Lipinski definition) is 1. The number of ether oxygens (including phenoxy) is 2. The van der Waals surface area contributed by atoms with Gasteiger partial charge in [-0.2, -0.15) is 0 Å². The van der Waals surface area contributed by atoms with E-state index in [0.29, 0.717) is 18.6 Å². The minimum absolute atomic E-state index is 0.287. The number of nitrogens with zero attached hydrogens (tertiary/aromatic N) is 1. The fourth-order valence-corrected chi connectivity index (χ4v) is 2.77. The summed E-state index contributed by atoms with van der Waals surface area (Å²) in [5, 5.41) is 3.57. The van der Waals surface area contributed by atoms with Gasteiger partial charge in [0, 0.05) is 24.8 Å². The molecule has 3 unspecified atom stereocenters. The third-order valence-electron chi connectivity index (χ3n) is 3.69. The molecule has 1 N–H and O–H groups in total. The van der Waals surface area contributed by atoms with Gasteiger partial charge in [-0.25, -0.2) is 0 Å². The van der Waals surface area contributed by atoms with Crippen molar-refractivity contribution in [2.24, 2.45) is 5.92 Å². The molecule has 4 nitrogen and oxygen atoms in total. The molecule has 1 aliphatic heterocycles. The van der Waals surface area contributed by atoms with Crippen molar-refractivity contribution in [1.29, 1.82) is 0 Å². The molecule has 2 rings (SSSR count). The Kier molecular flexibility index (Phi) is 5.16. The van der Waals surface area contributed by atoms with Crippen LogP contribution in [0, 0.1) is 5.92 Å². The van der Waals surface area contributed by atoms with Crippen molar-refractivity contribution < 1.29 is 9.47 Å². The van der Waals surface area contributed by atoms with E-state index in [1.165, 1.54) is 5.56 Å². The molecule has 0 spiro atoms. The quantitative estimate of drug-likeness (QED) is 0.857. The van der Waals surface area contributed by atoms with E-state index in [1.54, 1.807) is 6.20 Å². The van der Waals surface area contributed by atoms with Crippen molar-refractivity contribution in [2.75, 3.05) is 19.8 Å². The van der Waals surface area contributed by atoms with Gasteiger partial charge in [-0.1, -0.05) is 6.92 Å². The van der Waals surface area contributed by atoms with Crippen molar-refractivity contribution in [2.45, 2.75) is 39.3 Å². The van der Waals surface area contributed by atoms with Crippen LogP contribution in [0.4, 0.5) is 0 Å². The monoisotopic (exact) mass is 264 g/mol. The van der Waals surface area contributed by atoms with Crippen LogP contribution in [0.3, 0.4) is 0 Å². The maximum Gasteiger partial charge on any atom is 0.137 e. The van der Waals surface area contributed by atoms with E-state index in [4.69, 9.17) is 9.47 Å². The zero-order chi connectivity index (χ0) is 13.7. The lowest BCUT2D eigenvalue weighted by Gasteiger charge is -2.27. The molecule has 1 aromatic rings. The Morgan fingerprint density at radius 1 is 1.47 bits per heavy atom. The predicted octanol–water partition coefficient (Wildman–Crippen LogP) is 2.56. The van der Waals surface area contributed by atoms with Gasteiger partial charge >= 0.3 is 0 Å². The molecule has 3 atom stereocenters. The molecule has 0 amide bonds. The Balaban J connectivity index is 2.20. The average Bonchev–Trinajstić information content (AvgIpc) is 2.83. The van der Waals surface area contributed by atoms with E-state index >= 15 is 0 Å². The second-order valence-electron chi connectivity index (χ2n) is 4.95. The van der Waals surface area contributed by atoms with Gasteiger partial charge in [0.15, 0.2) is 0 Å². The third kappa shape index (κ3) is 3.45. The fourth-order valence-electron chi connectivity index (χ4n) is 2.77. The highest BCUT2D eigenvalue weighted by Crippen LogP contribution is 2.33. The average molecular weight is 264 g/mol. The highest BCUT2D eigenvalue weighted by atomic mass is 16.5.